The van der Waals surface area contributed by atoms with Gasteiger partial charge in [0.25, 0.3) is 5.91 Å². The molecule has 0 saturated carbocycles. The first kappa shape index (κ1) is 17.2. The molecule has 0 aromatic heterocycles. The number of halogens is 1. The minimum atomic E-state index is -0.254. The predicted molar refractivity (Wildman–Crippen MR) is 98.8 cm³/mol. The number of benzene rings is 2. The lowest BCUT2D eigenvalue weighted by Crippen LogP contribution is -2.43. The first-order chi connectivity index (χ1) is 11.0. The van der Waals surface area contributed by atoms with Crippen LogP contribution < -0.4 is 16.2 Å². The molecule has 0 fully saturated rings. The highest BCUT2D eigenvalue weighted by Crippen LogP contribution is 2.15. The van der Waals surface area contributed by atoms with E-state index in [1.807, 2.05) is 24.3 Å². The van der Waals surface area contributed by atoms with Gasteiger partial charge < -0.3 is 5.32 Å². The number of rotatable bonds is 3. The summed E-state index contributed by atoms with van der Waals surface area (Å²) < 4.78 is 0. The van der Waals surface area contributed by atoms with Crippen molar-refractivity contribution >= 4 is 40.5 Å². The molecule has 0 heterocycles. The monoisotopic (exact) mass is 347 g/mol. The highest BCUT2D eigenvalue weighted by molar-refractivity contribution is 7.80. The molecule has 2 aromatic carbocycles. The van der Waals surface area contributed by atoms with Crippen LogP contribution in [0.25, 0.3) is 0 Å². The molecule has 0 aliphatic carbocycles. The molecule has 0 unspecified atom stereocenters. The summed E-state index contributed by atoms with van der Waals surface area (Å²) >= 11 is 11.0. The van der Waals surface area contributed by atoms with Crippen LogP contribution in [0.5, 0.6) is 0 Å². The largest absolute Gasteiger partial charge is 0.331 e. The molecule has 0 bridgehead atoms. The van der Waals surface area contributed by atoms with Gasteiger partial charge in [0, 0.05) is 16.3 Å². The molecule has 2 rings (SSSR count). The van der Waals surface area contributed by atoms with Crippen molar-refractivity contribution in [1.29, 1.82) is 0 Å². The molecule has 0 spiro atoms. The van der Waals surface area contributed by atoms with E-state index in [1.54, 1.807) is 24.3 Å². The number of hydrogen-bond donors (Lipinski definition) is 3. The van der Waals surface area contributed by atoms with Crippen LogP contribution in [0.1, 0.15) is 35.7 Å². The van der Waals surface area contributed by atoms with Gasteiger partial charge in [0.2, 0.25) is 0 Å². The van der Waals surface area contributed by atoms with Crippen molar-refractivity contribution in [3.05, 3.63) is 64.7 Å². The molecule has 23 heavy (non-hydrogen) atoms. The second kappa shape index (κ2) is 7.94. The average Bonchev–Trinajstić information content (AvgIpc) is 2.52. The molecule has 0 saturated heterocycles. The molecule has 6 heteroatoms. The second-order valence-corrected chi connectivity index (χ2v) is 6.16. The van der Waals surface area contributed by atoms with Crippen LogP contribution in [0.2, 0.25) is 5.02 Å². The van der Waals surface area contributed by atoms with Crippen LogP contribution in [0.4, 0.5) is 5.69 Å². The van der Waals surface area contributed by atoms with E-state index in [9.17, 15) is 4.79 Å². The van der Waals surface area contributed by atoms with Crippen LogP contribution >= 0.6 is 23.8 Å². The highest BCUT2D eigenvalue weighted by atomic mass is 35.5. The summed E-state index contributed by atoms with van der Waals surface area (Å²) in [6, 6.07) is 14.6. The number of carbonyl (C=O) groups excluding carboxylic acids is 1. The van der Waals surface area contributed by atoms with Crippen molar-refractivity contribution in [2.45, 2.75) is 19.8 Å². The minimum absolute atomic E-state index is 0.254. The Labute approximate surface area is 146 Å². The van der Waals surface area contributed by atoms with E-state index in [1.165, 1.54) is 5.56 Å². The number of thiocarbonyl (C=S) groups is 1. The maximum atomic E-state index is 12.1. The van der Waals surface area contributed by atoms with E-state index in [4.69, 9.17) is 23.8 Å². The van der Waals surface area contributed by atoms with E-state index in [0.29, 0.717) is 16.5 Å². The molecule has 120 valence electrons. The van der Waals surface area contributed by atoms with Gasteiger partial charge in [0.05, 0.1) is 0 Å². The number of nitrogens with one attached hydrogen (secondary N) is 3. The molecule has 2 aromatic rings. The molecule has 0 radical (unpaired) electrons. The summed E-state index contributed by atoms with van der Waals surface area (Å²) in [5.41, 5.74) is 7.71. The number of carbonyl (C=O) groups is 1. The molecule has 1 amide bonds. The Hall–Kier alpha value is -2.11. The van der Waals surface area contributed by atoms with Gasteiger partial charge in [-0.15, -0.1) is 0 Å². The van der Waals surface area contributed by atoms with Crippen molar-refractivity contribution in [1.82, 2.24) is 10.9 Å². The fourth-order valence-corrected chi connectivity index (χ4v) is 2.29. The van der Waals surface area contributed by atoms with Crippen molar-refractivity contribution in [2.24, 2.45) is 0 Å². The Kier molecular flexibility index (Phi) is 5.96. The summed E-state index contributed by atoms with van der Waals surface area (Å²) in [7, 11) is 0. The number of amides is 1. The summed E-state index contributed by atoms with van der Waals surface area (Å²) in [6.07, 6.45) is 0. The van der Waals surface area contributed by atoms with Gasteiger partial charge in [-0.2, -0.15) is 0 Å². The first-order valence-electron chi connectivity index (χ1n) is 7.18. The first-order valence-corrected chi connectivity index (χ1v) is 7.97. The third-order valence-corrected chi connectivity index (χ3v) is 3.65. The highest BCUT2D eigenvalue weighted by Gasteiger charge is 2.07. The van der Waals surface area contributed by atoms with Crippen LogP contribution in [-0.4, -0.2) is 11.0 Å². The van der Waals surface area contributed by atoms with Crippen molar-refractivity contribution in [3.8, 4) is 0 Å². The van der Waals surface area contributed by atoms with E-state index in [2.05, 4.69) is 30.0 Å². The molecular formula is C17H18ClN3OS. The van der Waals surface area contributed by atoms with Gasteiger partial charge in [0.15, 0.2) is 5.11 Å². The Morgan fingerprint density at radius 1 is 1.09 bits per heavy atom. The molecule has 3 N–H and O–H groups in total. The van der Waals surface area contributed by atoms with Crippen LogP contribution in [0.3, 0.4) is 0 Å². The maximum absolute atomic E-state index is 12.1. The zero-order valence-electron chi connectivity index (χ0n) is 12.9. The van der Waals surface area contributed by atoms with E-state index in [0.717, 1.165) is 5.69 Å². The molecule has 4 nitrogen and oxygen atoms in total. The Morgan fingerprint density at radius 3 is 2.39 bits per heavy atom. The Bertz CT molecular complexity index is 701. The van der Waals surface area contributed by atoms with Gasteiger partial charge in [-0.1, -0.05) is 43.6 Å². The maximum Gasteiger partial charge on any atom is 0.269 e. The van der Waals surface area contributed by atoms with Gasteiger partial charge in [-0.3, -0.25) is 15.6 Å². The third kappa shape index (κ3) is 5.23. The van der Waals surface area contributed by atoms with Gasteiger partial charge in [-0.05, 0) is 54.0 Å². The van der Waals surface area contributed by atoms with Gasteiger partial charge in [-0.25, -0.2) is 0 Å². The van der Waals surface area contributed by atoms with Crippen molar-refractivity contribution in [3.63, 3.8) is 0 Å². The lowest BCUT2D eigenvalue weighted by molar-refractivity contribution is 0.0944. The lowest BCUT2D eigenvalue weighted by Gasteiger charge is -2.12. The Morgan fingerprint density at radius 2 is 1.78 bits per heavy atom. The third-order valence-electron chi connectivity index (χ3n) is 3.21. The van der Waals surface area contributed by atoms with E-state index in [-0.39, 0.29) is 11.0 Å². The SMILES string of the molecule is CC(C)c1ccc(C(=O)NNC(=S)Nc2cccc(Cl)c2)cc1. The fourth-order valence-electron chi connectivity index (χ4n) is 1.93. The molecule has 0 atom stereocenters. The number of hydrogen-bond acceptors (Lipinski definition) is 2. The molecule has 0 aliphatic heterocycles. The lowest BCUT2D eigenvalue weighted by atomic mass is 10.0. The standard InChI is InChI=1S/C17H18ClN3OS/c1-11(2)12-6-8-13(9-7-12)16(22)20-21-17(23)19-15-5-3-4-14(18)10-15/h3-11H,1-2H3,(H,20,22)(H2,19,21,23). The van der Waals surface area contributed by atoms with Gasteiger partial charge >= 0.3 is 0 Å². The second-order valence-electron chi connectivity index (χ2n) is 5.32. The van der Waals surface area contributed by atoms with E-state index < -0.39 is 0 Å². The predicted octanol–water partition coefficient (Wildman–Crippen LogP) is 4.09. The molecule has 0 aliphatic rings. The topological polar surface area (TPSA) is 53.2 Å². The minimum Gasteiger partial charge on any atom is -0.331 e. The van der Waals surface area contributed by atoms with Crippen LogP contribution in [0, 0.1) is 0 Å². The zero-order chi connectivity index (χ0) is 16.8. The van der Waals surface area contributed by atoms with Crippen molar-refractivity contribution < 1.29 is 4.79 Å². The zero-order valence-corrected chi connectivity index (χ0v) is 14.5. The Balaban J connectivity index is 1.87. The fraction of sp³-hybridized carbons (Fsp3) is 0.176. The average molecular weight is 348 g/mol. The summed E-state index contributed by atoms with van der Waals surface area (Å²) in [4.78, 5) is 12.1. The quantitative estimate of drug-likeness (QED) is 0.578. The van der Waals surface area contributed by atoms with E-state index >= 15 is 0 Å². The van der Waals surface area contributed by atoms with Crippen molar-refractivity contribution in [2.75, 3.05) is 5.32 Å². The van der Waals surface area contributed by atoms with Crippen LogP contribution in [-0.2, 0) is 0 Å². The number of hydrazine groups is 1. The number of anilines is 1. The normalized spacial score (nSPS) is 10.3. The molecular weight excluding hydrogens is 330 g/mol. The van der Waals surface area contributed by atoms with Crippen LogP contribution in [0.15, 0.2) is 48.5 Å². The summed E-state index contributed by atoms with van der Waals surface area (Å²) in [5, 5.41) is 3.82. The smallest absolute Gasteiger partial charge is 0.269 e. The summed E-state index contributed by atoms with van der Waals surface area (Å²) in [5.74, 6) is 0.176. The summed E-state index contributed by atoms with van der Waals surface area (Å²) in [6.45, 7) is 4.22. The van der Waals surface area contributed by atoms with Gasteiger partial charge in [0.1, 0.15) is 0 Å².